The third-order valence-corrected chi connectivity index (χ3v) is 4.89. The monoisotopic (exact) mass is 436 g/mol. The third-order valence-electron chi connectivity index (χ3n) is 4.89. The summed E-state index contributed by atoms with van der Waals surface area (Å²) in [6, 6.07) is 18.3. The van der Waals surface area contributed by atoms with E-state index in [2.05, 4.69) is 5.32 Å². The van der Waals surface area contributed by atoms with Gasteiger partial charge in [0.1, 0.15) is 18.4 Å². The van der Waals surface area contributed by atoms with Gasteiger partial charge in [-0.05, 0) is 28.8 Å². The fraction of sp³-hybridized carbons (Fsp3) is 0.208. The highest BCUT2D eigenvalue weighted by Gasteiger charge is 2.26. The van der Waals surface area contributed by atoms with E-state index in [1.165, 1.54) is 0 Å². The smallest absolute Gasteiger partial charge is 0.326 e. The van der Waals surface area contributed by atoms with Crippen molar-refractivity contribution in [3.63, 3.8) is 0 Å². The molecule has 0 radical (unpaired) electrons. The number of benzene rings is 3. The summed E-state index contributed by atoms with van der Waals surface area (Å²) < 4.78 is 5.87. The summed E-state index contributed by atoms with van der Waals surface area (Å²) in [6.07, 6.45) is -0.167. The Balaban J connectivity index is 1.85. The molecule has 0 spiro atoms. The van der Waals surface area contributed by atoms with E-state index in [4.69, 9.17) is 15.6 Å². The topological polar surface area (TPSA) is 139 Å². The summed E-state index contributed by atoms with van der Waals surface area (Å²) in [4.78, 5) is 35.4. The first-order valence-electron chi connectivity index (χ1n) is 10.0. The highest BCUT2D eigenvalue weighted by Crippen LogP contribution is 2.28. The van der Waals surface area contributed by atoms with Crippen LogP contribution in [0.2, 0.25) is 0 Å². The number of amides is 1. The van der Waals surface area contributed by atoms with Crippen LogP contribution >= 0.6 is 0 Å². The molecule has 1 amide bonds. The van der Waals surface area contributed by atoms with Gasteiger partial charge in [0.05, 0.1) is 12.0 Å². The summed E-state index contributed by atoms with van der Waals surface area (Å²) in [5.41, 5.74) is 7.38. The van der Waals surface area contributed by atoms with Crippen LogP contribution in [0.15, 0.2) is 66.7 Å². The van der Waals surface area contributed by atoms with Crippen molar-refractivity contribution in [3.05, 3.63) is 77.9 Å². The van der Waals surface area contributed by atoms with Crippen LogP contribution in [0, 0.1) is 0 Å². The minimum absolute atomic E-state index is 0.130. The molecule has 0 saturated heterocycles. The van der Waals surface area contributed by atoms with Crippen LogP contribution in [0.5, 0.6) is 5.75 Å². The summed E-state index contributed by atoms with van der Waals surface area (Å²) in [6.45, 7) is 0.130. The average Bonchev–Trinajstić information content (AvgIpc) is 2.77. The molecule has 0 fully saturated rings. The van der Waals surface area contributed by atoms with Crippen LogP contribution < -0.4 is 15.8 Å². The highest BCUT2D eigenvalue weighted by atomic mass is 16.5. The largest absolute Gasteiger partial charge is 0.491 e. The van der Waals surface area contributed by atoms with E-state index < -0.39 is 30.3 Å². The minimum Gasteiger partial charge on any atom is -0.491 e. The van der Waals surface area contributed by atoms with Gasteiger partial charge in [0.15, 0.2) is 0 Å². The second-order valence-electron chi connectivity index (χ2n) is 7.38. The lowest BCUT2D eigenvalue weighted by molar-refractivity contribution is -0.145. The fourth-order valence-electron chi connectivity index (χ4n) is 3.38. The molecule has 32 heavy (non-hydrogen) atoms. The van der Waals surface area contributed by atoms with Crippen molar-refractivity contribution in [1.29, 1.82) is 0 Å². The Bertz CT molecular complexity index is 1120. The zero-order chi connectivity index (χ0) is 23.1. The summed E-state index contributed by atoms with van der Waals surface area (Å²) >= 11 is 0. The second-order valence-corrected chi connectivity index (χ2v) is 7.38. The van der Waals surface area contributed by atoms with Gasteiger partial charge in [0, 0.05) is 6.04 Å². The standard InChI is InChI=1S/C24H24N2O6/c25-17(12-15-6-2-1-3-7-15)14-32-20-11-10-16-8-4-5-9-18(16)22(20)23(29)26-19(24(30)31)13-21(27)28/h1-11,17,19H,12-14,25H2,(H,26,29)(H,27,28)(H,30,31)/t17-,19+/m1/s1. The first-order valence-corrected chi connectivity index (χ1v) is 10.0. The zero-order valence-electron chi connectivity index (χ0n) is 17.2. The molecule has 0 unspecified atom stereocenters. The van der Waals surface area contributed by atoms with Crippen molar-refractivity contribution in [2.75, 3.05) is 6.61 Å². The lowest BCUT2D eigenvalue weighted by atomic mass is 10.0. The molecule has 3 rings (SSSR count). The van der Waals surface area contributed by atoms with Gasteiger partial charge in [-0.1, -0.05) is 60.7 Å². The van der Waals surface area contributed by atoms with Gasteiger partial charge in [-0.3, -0.25) is 9.59 Å². The van der Waals surface area contributed by atoms with E-state index >= 15 is 0 Å². The Kier molecular flexibility index (Phi) is 7.41. The number of hydrogen-bond donors (Lipinski definition) is 4. The van der Waals surface area contributed by atoms with Crippen molar-refractivity contribution in [2.24, 2.45) is 5.73 Å². The number of carbonyl (C=O) groups is 3. The van der Waals surface area contributed by atoms with E-state index in [0.717, 1.165) is 10.9 Å². The Morgan fingerprint density at radius 3 is 2.31 bits per heavy atom. The van der Waals surface area contributed by atoms with E-state index in [1.54, 1.807) is 24.3 Å². The third kappa shape index (κ3) is 5.83. The van der Waals surface area contributed by atoms with Crippen LogP contribution in [0.4, 0.5) is 0 Å². The zero-order valence-corrected chi connectivity index (χ0v) is 17.2. The molecule has 8 nitrogen and oxygen atoms in total. The van der Waals surface area contributed by atoms with Crippen molar-refractivity contribution < 1.29 is 29.3 Å². The average molecular weight is 436 g/mol. The number of rotatable bonds is 10. The molecule has 5 N–H and O–H groups in total. The first kappa shape index (κ1) is 22.8. The summed E-state index contributed by atoms with van der Waals surface area (Å²) in [7, 11) is 0. The second kappa shape index (κ2) is 10.4. The molecule has 3 aromatic rings. The predicted molar refractivity (Wildman–Crippen MR) is 119 cm³/mol. The molecule has 0 bridgehead atoms. The molecular weight excluding hydrogens is 412 g/mol. The summed E-state index contributed by atoms with van der Waals surface area (Å²) in [5.74, 6) is -3.27. The van der Waals surface area contributed by atoms with Gasteiger partial charge in [-0.2, -0.15) is 0 Å². The van der Waals surface area contributed by atoms with E-state index in [9.17, 15) is 19.5 Å². The van der Waals surface area contributed by atoms with Crippen molar-refractivity contribution in [1.82, 2.24) is 5.32 Å². The Morgan fingerprint density at radius 1 is 0.938 bits per heavy atom. The number of nitrogens with one attached hydrogen (secondary N) is 1. The number of carboxylic acids is 2. The number of aliphatic carboxylic acids is 2. The van der Waals surface area contributed by atoms with Gasteiger partial charge in [0.2, 0.25) is 0 Å². The number of carbonyl (C=O) groups excluding carboxylic acids is 1. The number of fused-ring (bicyclic) bond motifs is 1. The van der Waals surface area contributed by atoms with Crippen LogP contribution in [0.1, 0.15) is 22.3 Å². The first-order chi connectivity index (χ1) is 15.3. The van der Waals surface area contributed by atoms with Crippen molar-refractivity contribution >= 4 is 28.6 Å². The van der Waals surface area contributed by atoms with Crippen LogP contribution in [-0.2, 0) is 16.0 Å². The molecule has 0 aromatic heterocycles. The lowest BCUT2D eigenvalue weighted by Crippen LogP contribution is -2.42. The van der Waals surface area contributed by atoms with Gasteiger partial charge in [0.25, 0.3) is 5.91 Å². The van der Waals surface area contributed by atoms with E-state index in [-0.39, 0.29) is 24.0 Å². The van der Waals surface area contributed by atoms with E-state index in [1.807, 2.05) is 42.5 Å². The lowest BCUT2D eigenvalue weighted by Gasteiger charge is -2.19. The Hall–Kier alpha value is -3.91. The van der Waals surface area contributed by atoms with Crippen LogP contribution in [0.25, 0.3) is 10.8 Å². The van der Waals surface area contributed by atoms with Crippen molar-refractivity contribution in [2.45, 2.75) is 24.9 Å². The van der Waals surface area contributed by atoms with Gasteiger partial charge in [-0.25, -0.2) is 4.79 Å². The Morgan fingerprint density at radius 2 is 1.62 bits per heavy atom. The molecule has 0 aliphatic carbocycles. The number of nitrogens with two attached hydrogens (primary N) is 1. The molecular formula is C24H24N2O6. The molecule has 166 valence electrons. The normalized spacial score (nSPS) is 12.7. The maximum Gasteiger partial charge on any atom is 0.326 e. The van der Waals surface area contributed by atoms with Gasteiger partial charge in [-0.15, -0.1) is 0 Å². The summed E-state index contributed by atoms with van der Waals surface area (Å²) in [5, 5.41) is 21.8. The van der Waals surface area contributed by atoms with Crippen molar-refractivity contribution in [3.8, 4) is 5.75 Å². The van der Waals surface area contributed by atoms with Crippen LogP contribution in [0.3, 0.4) is 0 Å². The molecule has 3 aromatic carbocycles. The number of hydrogen-bond acceptors (Lipinski definition) is 5. The SMILES string of the molecule is N[C@@H](COc1ccc2ccccc2c1C(=O)N[C@@H](CC(=O)O)C(=O)O)Cc1ccccc1. The minimum atomic E-state index is -1.58. The Labute approximate surface area is 184 Å². The molecule has 8 heteroatoms. The maximum absolute atomic E-state index is 13.0. The molecule has 0 saturated carbocycles. The maximum atomic E-state index is 13.0. The quantitative estimate of drug-likeness (QED) is 0.383. The molecule has 0 heterocycles. The number of ether oxygens (including phenoxy) is 1. The fourth-order valence-corrected chi connectivity index (χ4v) is 3.38. The van der Waals surface area contributed by atoms with Gasteiger partial charge >= 0.3 is 11.9 Å². The highest BCUT2D eigenvalue weighted by molar-refractivity contribution is 6.10. The number of carboxylic acid groups (broad SMARTS) is 2. The molecule has 2 atom stereocenters. The van der Waals surface area contributed by atoms with Gasteiger partial charge < -0.3 is 26.0 Å². The molecule has 0 aliphatic heterocycles. The molecule has 0 aliphatic rings. The van der Waals surface area contributed by atoms with E-state index in [0.29, 0.717) is 11.8 Å². The van der Waals surface area contributed by atoms with Crippen LogP contribution in [-0.4, -0.2) is 46.7 Å². The predicted octanol–water partition coefficient (Wildman–Crippen LogP) is 2.45.